The highest BCUT2D eigenvalue weighted by Crippen LogP contribution is 2.23. The Bertz CT molecular complexity index is 495. The molecule has 0 amide bonds. The fraction of sp³-hybridized carbons (Fsp3) is 0.167. The first-order chi connectivity index (χ1) is 9.47. The Hall–Kier alpha value is -1.92. The average molecular weight is 315 g/mol. The molecule has 0 saturated heterocycles. The first-order valence-corrected chi connectivity index (χ1v) is 6.21. The van der Waals surface area contributed by atoms with Crippen LogP contribution in [0.4, 0.5) is 11.4 Å². The van der Waals surface area contributed by atoms with Crippen LogP contribution in [-0.2, 0) is 0 Å². The lowest BCUT2D eigenvalue weighted by Gasteiger charge is -2.24. The van der Waals surface area contributed by atoms with Gasteiger partial charge in [0.1, 0.15) is 0 Å². The minimum absolute atomic E-state index is 0.258. The first kappa shape index (κ1) is 16.1. The van der Waals surface area contributed by atoms with Crippen LogP contribution in [0.1, 0.15) is 0 Å². The maximum atomic E-state index is 10.4. The van der Waals surface area contributed by atoms with Gasteiger partial charge in [-0.3, -0.25) is 0 Å². The summed E-state index contributed by atoms with van der Waals surface area (Å²) in [5, 5.41) is 6.26. The second-order valence-electron chi connectivity index (χ2n) is 3.86. The molecule has 0 aliphatic carbocycles. The second-order valence-corrected chi connectivity index (χ2v) is 4.93. The molecule has 6 nitrogen and oxygen atoms in total. The molecule has 0 spiro atoms. The molecule has 20 heavy (non-hydrogen) atoms. The van der Waals surface area contributed by atoms with E-state index in [1.165, 1.54) is 12.1 Å². The van der Waals surface area contributed by atoms with Crippen LogP contribution < -0.4 is 10.0 Å². The number of nitrogens with zero attached hydrogens (tertiary/aromatic N) is 4. The Balaban J connectivity index is 2.97. The van der Waals surface area contributed by atoms with Gasteiger partial charge in [0.2, 0.25) is 0 Å². The first-order valence-electron chi connectivity index (χ1n) is 5.46. The van der Waals surface area contributed by atoms with Gasteiger partial charge in [0.15, 0.2) is 0 Å². The Labute approximate surface area is 126 Å². The third-order valence-corrected chi connectivity index (χ3v) is 2.56. The summed E-state index contributed by atoms with van der Waals surface area (Å²) < 4.78 is 0. The van der Waals surface area contributed by atoms with Crippen molar-refractivity contribution < 1.29 is 0 Å². The third-order valence-electron chi connectivity index (χ3n) is 2.33. The van der Waals surface area contributed by atoms with Crippen molar-refractivity contribution in [2.45, 2.75) is 0 Å². The molecule has 0 unspecified atom stereocenters. The minimum atomic E-state index is 0.258. The predicted octanol–water partition coefficient (Wildman–Crippen LogP) is 4.17. The zero-order valence-corrected chi connectivity index (χ0v) is 12.0. The van der Waals surface area contributed by atoms with Gasteiger partial charge in [0.05, 0.1) is 29.3 Å². The number of nitroso groups, excluding NO2 is 2. The van der Waals surface area contributed by atoms with Gasteiger partial charge in [0.25, 0.3) is 0 Å². The van der Waals surface area contributed by atoms with E-state index < -0.39 is 0 Å². The predicted molar refractivity (Wildman–Crippen MR) is 82.7 cm³/mol. The van der Waals surface area contributed by atoms with Crippen LogP contribution in [0, 0.1) is 9.81 Å². The molecule has 0 heterocycles. The van der Waals surface area contributed by atoms with Crippen molar-refractivity contribution in [2.24, 2.45) is 10.6 Å². The van der Waals surface area contributed by atoms with Gasteiger partial charge in [-0.15, -0.1) is 9.81 Å². The fourth-order valence-corrected chi connectivity index (χ4v) is 1.85. The van der Waals surface area contributed by atoms with Gasteiger partial charge in [-0.1, -0.05) is 41.5 Å². The van der Waals surface area contributed by atoms with Gasteiger partial charge in [-0.05, 0) is 24.3 Å². The van der Waals surface area contributed by atoms with Gasteiger partial charge < -0.3 is 4.90 Å². The molecular formula is C12H12Cl2N4O2. The molecule has 0 radical (unpaired) electrons. The highest BCUT2D eigenvalue weighted by atomic mass is 35.5. The van der Waals surface area contributed by atoms with Crippen LogP contribution in [0.2, 0.25) is 0 Å². The number of anilines is 2. The van der Waals surface area contributed by atoms with Crippen molar-refractivity contribution in [1.82, 2.24) is 0 Å². The Kier molecular flexibility index (Phi) is 6.14. The van der Waals surface area contributed by atoms with Crippen molar-refractivity contribution >= 4 is 34.6 Å². The monoisotopic (exact) mass is 314 g/mol. The molecule has 1 aromatic rings. The number of hydrogen-bond donors (Lipinski definition) is 0. The maximum absolute atomic E-state index is 10.4. The Morgan fingerprint density at radius 3 is 1.70 bits per heavy atom. The van der Waals surface area contributed by atoms with Crippen molar-refractivity contribution in [3.8, 4) is 0 Å². The summed E-state index contributed by atoms with van der Waals surface area (Å²) >= 11 is 11.6. The molecule has 0 saturated carbocycles. The quantitative estimate of drug-likeness (QED) is 0.533. The van der Waals surface area contributed by atoms with Gasteiger partial charge in [0, 0.05) is 15.8 Å². The largest absolute Gasteiger partial charge is 0.361 e. The topological polar surface area (TPSA) is 65.3 Å². The van der Waals surface area contributed by atoms with Gasteiger partial charge in [-0.25, -0.2) is 0 Å². The molecular weight excluding hydrogens is 303 g/mol. The van der Waals surface area contributed by atoms with Crippen LogP contribution >= 0.6 is 23.2 Å². The zero-order chi connectivity index (χ0) is 15.1. The molecule has 0 atom stereocenters. The van der Waals surface area contributed by atoms with Gasteiger partial charge in [-0.2, -0.15) is 0 Å². The summed E-state index contributed by atoms with van der Waals surface area (Å²) in [5.74, 6) is 0. The fourth-order valence-electron chi connectivity index (χ4n) is 1.56. The molecule has 0 aliphatic rings. The van der Waals surface area contributed by atoms with Crippen LogP contribution in [0.15, 0.2) is 58.1 Å². The molecule has 0 N–H and O–H groups in total. The van der Waals surface area contributed by atoms with E-state index in [-0.39, 0.29) is 5.69 Å². The van der Waals surface area contributed by atoms with E-state index in [1.807, 2.05) is 4.90 Å². The third kappa shape index (κ3) is 4.64. The van der Waals surface area contributed by atoms with Crippen LogP contribution in [0.5, 0.6) is 0 Å². The van der Waals surface area contributed by atoms with Crippen molar-refractivity contribution in [3.05, 3.63) is 57.3 Å². The molecule has 0 aliphatic heterocycles. The summed E-state index contributed by atoms with van der Waals surface area (Å²) in [6.07, 6.45) is 0. The van der Waals surface area contributed by atoms with E-state index in [0.29, 0.717) is 28.3 Å². The van der Waals surface area contributed by atoms with Crippen LogP contribution in [0.3, 0.4) is 0 Å². The Morgan fingerprint density at radius 2 is 1.35 bits per heavy atom. The van der Waals surface area contributed by atoms with Crippen molar-refractivity contribution in [1.29, 1.82) is 0 Å². The molecule has 1 aromatic carbocycles. The lowest BCUT2D eigenvalue weighted by molar-refractivity contribution is 0.903. The van der Waals surface area contributed by atoms with Crippen LogP contribution in [-0.4, -0.2) is 13.1 Å². The molecule has 0 fully saturated rings. The minimum Gasteiger partial charge on any atom is -0.361 e. The summed E-state index contributed by atoms with van der Waals surface area (Å²) in [6.45, 7) is 8.03. The highest BCUT2D eigenvalue weighted by Gasteiger charge is 2.11. The summed E-state index contributed by atoms with van der Waals surface area (Å²) in [5.41, 5.74) is 1.03. The second kappa shape index (κ2) is 7.62. The molecule has 8 heteroatoms. The molecule has 106 valence electrons. The van der Waals surface area contributed by atoms with Crippen molar-refractivity contribution in [3.63, 3.8) is 0 Å². The van der Waals surface area contributed by atoms with E-state index in [9.17, 15) is 9.81 Å². The zero-order valence-electron chi connectivity index (χ0n) is 10.5. The van der Waals surface area contributed by atoms with E-state index in [1.54, 1.807) is 12.1 Å². The average Bonchev–Trinajstić information content (AvgIpc) is 2.39. The number of hydrogen-bond acceptors (Lipinski definition) is 5. The SMILES string of the molecule is C=C(Cl)CN(CC(=C)Cl)c1ccc(N(N=O)N=O)cc1. The lowest BCUT2D eigenvalue weighted by Crippen LogP contribution is -2.25. The standard InChI is InChI=1S/C12H12Cl2N4O2/c1-9(13)7-17(8-10(2)14)11-3-5-12(6-4-11)18(15-19)16-20/h3-6H,1-2,7-8H2. The summed E-state index contributed by atoms with van der Waals surface area (Å²) in [7, 11) is 0. The van der Waals surface area contributed by atoms with E-state index in [4.69, 9.17) is 23.2 Å². The van der Waals surface area contributed by atoms with E-state index in [0.717, 1.165) is 5.69 Å². The Morgan fingerprint density at radius 1 is 0.950 bits per heavy atom. The summed E-state index contributed by atoms with van der Waals surface area (Å²) in [4.78, 5) is 22.6. The number of benzene rings is 1. The lowest BCUT2D eigenvalue weighted by atomic mass is 10.2. The van der Waals surface area contributed by atoms with Crippen LogP contribution in [0.25, 0.3) is 0 Å². The highest BCUT2D eigenvalue weighted by molar-refractivity contribution is 6.30. The van der Waals surface area contributed by atoms with Crippen molar-refractivity contribution in [2.75, 3.05) is 23.1 Å². The smallest absolute Gasteiger partial charge is 0.0924 e. The number of rotatable bonds is 8. The number of halogens is 2. The van der Waals surface area contributed by atoms with Gasteiger partial charge >= 0.3 is 0 Å². The maximum Gasteiger partial charge on any atom is 0.0924 e. The molecule has 1 rings (SSSR count). The van der Waals surface area contributed by atoms with E-state index >= 15 is 0 Å². The molecule has 0 bridgehead atoms. The molecule has 0 aromatic heterocycles. The van der Waals surface area contributed by atoms with E-state index in [2.05, 4.69) is 23.7 Å². The summed E-state index contributed by atoms with van der Waals surface area (Å²) in [6, 6.07) is 6.41. The normalized spacial score (nSPS) is 9.70.